The van der Waals surface area contributed by atoms with Crippen molar-refractivity contribution in [2.24, 2.45) is 0 Å². The van der Waals surface area contributed by atoms with Crippen LogP contribution in [0.25, 0.3) is 0 Å². The van der Waals surface area contributed by atoms with Crippen molar-refractivity contribution < 1.29 is 17.9 Å². The van der Waals surface area contributed by atoms with Crippen molar-refractivity contribution in [1.29, 1.82) is 5.26 Å². The maximum atomic E-state index is 13.0. The highest BCUT2D eigenvalue weighted by atomic mass is 19.4. The highest BCUT2D eigenvalue weighted by Gasteiger charge is 2.35. The molecule has 0 saturated carbocycles. The van der Waals surface area contributed by atoms with Crippen LogP contribution in [0.5, 0.6) is 0 Å². The van der Waals surface area contributed by atoms with Crippen LogP contribution in [0.3, 0.4) is 0 Å². The Hall–Kier alpha value is -1.81. The summed E-state index contributed by atoms with van der Waals surface area (Å²) in [5.74, 6) is 0. The molecular formula is C12H12F3N3O. The van der Waals surface area contributed by atoms with Gasteiger partial charge in [-0.05, 0) is 12.5 Å². The molecule has 0 radical (unpaired) electrons. The van der Waals surface area contributed by atoms with E-state index in [1.807, 2.05) is 0 Å². The summed E-state index contributed by atoms with van der Waals surface area (Å²) in [5, 5.41) is 8.66. The molecule has 1 fully saturated rings. The molecule has 0 aliphatic carbocycles. The van der Waals surface area contributed by atoms with Gasteiger partial charge in [-0.25, -0.2) is 4.98 Å². The van der Waals surface area contributed by atoms with Gasteiger partial charge < -0.3 is 9.64 Å². The molecule has 0 spiro atoms. The lowest BCUT2D eigenvalue weighted by molar-refractivity contribution is -0.137. The first-order chi connectivity index (χ1) is 9.02. The normalized spacial score (nSPS) is 16.8. The molecule has 19 heavy (non-hydrogen) atoms. The lowest BCUT2D eigenvalue weighted by Crippen LogP contribution is -2.28. The van der Waals surface area contributed by atoms with Crippen LogP contribution in [-0.2, 0) is 10.9 Å². The van der Waals surface area contributed by atoms with Gasteiger partial charge in [0.2, 0.25) is 0 Å². The Labute approximate surface area is 108 Å². The van der Waals surface area contributed by atoms with E-state index < -0.39 is 11.7 Å². The summed E-state index contributed by atoms with van der Waals surface area (Å²) in [6.07, 6.45) is -2.72. The third-order valence-corrected chi connectivity index (χ3v) is 2.87. The average molecular weight is 271 g/mol. The SMILES string of the molecule is N#Cc1cc(C(F)(F)F)c(N2CCCOCC2)cn1. The zero-order chi connectivity index (χ0) is 13.9. The summed E-state index contributed by atoms with van der Waals surface area (Å²) in [6, 6.07) is 2.42. The van der Waals surface area contributed by atoms with Crippen LogP contribution >= 0.6 is 0 Å². The lowest BCUT2D eigenvalue weighted by Gasteiger charge is -2.25. The number of nitriles is 1. The summed E-state index contributed by atoms with van der Waals surface area (Å²) < 4.78 is 44.3. The van der Waals surface area contributed by atoms with Crippen LogP contribution in [0.1, 0.15) is 17.7 Å². The largest absolute Gasteiger partial charge is 0.418 e. The van der Waals surface area contributed by atoms with E-state index in [0.717, 1.165) is 12.3 Å². The second-order valence-electron chi connectivity index (χ2n) is 4.15. The van der Waals surface area contributed by atoms with E-state index in [1.54, 1.807) is 11.0 Å². The Balaban J connectivity index is 2.41. The minimum Gasteiger partial charge on any atom is -0.380 e. The van der Waals surface area contributed by atoms with Crippen molar-refractivity contribution in [2.75, 3.05) is 31.2 Å². The fraction of sp³-hybridized carbons (Fsp3) is 0.500. The molecule has 102 valence electrons. The highest BCUT2D eigenvalue weighted by molar-refractivity contribution is 5.55. The van der Waals surface area contributed by atoms with Crippen LogP contribution in [-0.4, -0.2) is 31.3 Å². The van der Waals surface area contributed by atoms with Gasteiger partial charge in [0.1, 0.15) is 11.8 Å². The minimum absolute atomic E-state index is 0.0111. The van der Waals surface area contributed by atoms with Crippen molar-refractivity contribution in [3.63, 3.8) is 0 Å². The summed E-state index contributed by atoms with van der Waals surface area (Å²) in [5.41, 5.74) is -1.04. The molecular weight excluding hydrogens is 259 g/mol. The molecule has 1 aromatic rings. The molecule has 1 aromatic heterocycles. The number of alkyl halides is 3. The Kier molecular flexibility index (Phi) is 3.90. The number of ether oxygens (including phenoxy) is 1. The zero-order valence-corrected chi connectivity index (χ0v) is 10.1. The number of aromatic nitrogens is 1. The van der Waals surface area contributed by atoms with Gasteiger partial charge in [-0.1, -0.05) is 0 Å². The molecule has 4 nitrogen and oxygen atoms in total. The van der Waals surface area contributed by atoms with E-state index in [4.69, 9.17) is 10.00 Å². The van der Waals surface area contributed by atoms with Gasteiger partial charge >= 0.3 is 6.18 Å². The summed E-state index contributed by atoms with van der Waals surface area (Å²) in [4.78, 5) is 5.33. The molecule has 2 heterocycles. The zero-order valence-electron chi connectivity index (χ0n) is 10.1. The first-order valence-electron chi connectivity index (χ1n) is 5.82. The van der Waals surface area contributed by atoms with Crippen molar-refractivity contribution in [3.05, 3.63) is 23.5 Å². The van der Waals surface area contributed by atoms with Gasteiger partial charge in [-0.3, -0.25) is 0 Å². The quantitative estimate of drug-likeness (QED) is 0.785. The molecule has 0 bridgehead atoms. The summed E-state index contributed by atoms with van der Waals surface area (Å²) in [6.45, 7) is 1.80. The fourth-order valence-corrected chi connectivity index (χ4v) is 1.98. The van der Waals surface area contributed by atoms with Crippen LogP contribution in [0.15, 0.2) is 12.3 Å². The summed E-state index contributed by atoms with van der Waals surface area (Å²) in [7, 11) is 0. The van der Waals surface area contributed by atoms with Gasteiger partial charge in [0.25, 0.3) is 0 Å². The molecule has 7 heteroatoms. The van der Waals surface area contributed by atoms with Crippen molar-refractivity contribution >= 4 is 5.69 Å². The standard InChI is InChI=1S/C12H12F3N3O/c13-12(14,15)10-6-9(7-16)17-8-11(10)18-2-1-4-19-5-3-18/h6,8H,1-5H2. The van der Waals surface area contributed by atoms with Crippen molar-refractivity contribution in [2.45, 2.75) is 12.6 Å². The van der Waals surface area contributed by atoms with E-state index in [2.05, 4.69) is 4.98 Å². The van der Waals surface area contributed by atoms with Crippen LogP contribution < -0.4 is 4.90 Å². The second kappa shape index (κ2) is 5.45. The van der Waals surface area contributed by atoms with Crippen LogP contribution in [0.2, 0.25) is 0 Å². The third-order valence-electron chi connectivity index (χ3n) is 2.87. The molecule has 0 aromatic carbocycles. The number of anilines is 1. The van der Waals surface area contributed by atoms with Gasteiger partial charge in [-0.2, -0.15) is 18.4 Å². The fourth-order valence-electron chi connectivity index (χ4n) is 1.98. The highest BCUT2D eigenvalue weighted by Crippen LogP contribution is 2.36. The van der Waals surface area contributed by atoms with Crippen LogP contribution in [0.4, 0.5) is 18.9 Å². The maximum Gasteiger partial charge on any atom is 0.418 e. The van der Waals surface area contributed by atoms with E-state index in [-0.39, 0.29) is 11.4 Å². The molecule has 0 N–H and O–H groups in total. The smallest absolute Gasteiger partial charge is 0.380 e. The van der Waals surface area contributed by atoms with E-state index >= 15 is 0 Å². The van der Waals surface area contributed by atoms with Gasteiger partial charge in [0, 0.05) is 19.7 Å². The second-order valence-corrected chi connectivity index (χ2v) is 4.15. The first kappa shape index (κ1) is 13.6. The van der Waals surface area contributed by atoms with Crippen molar-refractivity contribution in [1.82, 2.24) is 4.98 Å². The predicted molar refractivity (Wildman–Crippen MR) is 61.6 cm³/mol. The monoisotopic (exact) mass is 271 g/mol. The molecule has 1 aliphatic rings. The number of hydrogen-bond donors (Lipinski definition) is 0. The first-order valence-corrected chi connectivity index (χ1v) is 5.82. The molecule has 0 amide bonds. The van der Waals surface area contributed by atoms with E-state index in [0.29, 0.717) is 32.7 Å². The van der Waals surface area contributed by atoms with E-state index in [1.165, 1.54) is 0 Å². The maximum absolute atomic E-state index is 13.0. The Morgan fingerprint density at radius 1 is 1.32 bits per heavy atom. The topological polar surface area (TPSA) is 49.2 Å². The number of hydrogen-bond acceptors (Lipinski definition) is 4. The number of pyridine rings is 1. The Bertz CT molecular complexity index is 488. The molecule has 2 rings (SSSR count). The molecule has 0 unspecified atom stereocenters. The van der Waals surface area contributed by atoms with Crippen LogP contribution in [0, 0.1) is 11.3 Å². The number of rotatable bonds is 1. The minimum atomic E-state index is -4.50. The van der Waals surface area contributed by atoms with Crippen molar-refractivity contribution in [3.8, 4) is 6.07 Å². The Morgan fingerprint density at radius 3 is 2.79 bits per heavy atom. The summed E-state index contributed by atoms with van der Waals surface area (Å²) >= 11 is 0. The third kappa shape index (κ3) is 3.15. The average Bonchev–Trinajstić information content (AvgIpc) is 2.65. The molecule has 1 saturated heterocycles. The number of halogens is 3. The predicted octanol–water partition coefficient (Wildman–Crippen LogP) is 2.20. The van der Waals surface area contributed by atoms with Gasteiger partial charge in [0.05, 0.1) is 24.1 Å². The van der Waals surface area contributed by atoms with Gasteiger partial charge in [-0.15, -0.1) is 0 Å². The van der Waals surface area contributed by atoms with E-state index in [9.17, 15) is 13.2 Å². The Morgan fingerprint density at radius 2 is 2.11 bits per heavy atom. The lowest BCUT2D eigenvalue weighted by atomic mass is 10.1. The number of nitrogens with zero attached hydrogens (tertiary/aromatic N) is 3. The molecule has 1 aliphatic heterocycles. The molecule has 0 atom stereocenters. The van der Waals surface area contributed by atoms with Gasteiger partial charge in [0.15, 0.2) is 0 Å².